The summed E-state index contributed by atoms with van der Waals surface area (Å²) in [6, 6.07) is 18.2. The van der Waals surface area contributed by atoms with Gasteiger partial charge in [0.05, 0.1) is 17.6 Å². The Balaban J connectivity index is 1.63. The molecular formula is C24H23N3O3. The first-order chi connectivity index (χ1) is 14.5. The van der Waals surface area contributed by atoms with Crippen molar-refractivity contribution in [3.05, 3.63) is 78.0 Å². The lowest BCUT2D eigenvalue weighted by molar-refractivity contribution is -0.136. The third kappa shape index (κ3) is 4.38. The van der Waals surface area contributed by atoms with Crippen molar-refractivity contribution in [3.63, 3.8) is 0 Å². The molecule has 2 aromatic carbocycles. The second-order valence-electron chi connectivity index (χ2n) is 7.60. The number of nitrogens with one attached hydrogen (secondary N) is 1. The quantitative estimate of drug-likeness (QED) is 0.587. The molecule has 1 aliphatic rings. The highest BCUT2D eigenvalue weighted by Crippen LogP contribution is 2.36. The van der Waals surface area contributed by atoms with E-state index in [9.17, 15) is 14.4 Å². The van der Waals surface area contributed by atoms with Gasteiger partial charge in [-0.2, -0.15) is 5.10 Å². The van der Waals surface area contributed by atoms with Gasteiger partial charge in [-0.3, -0.25) is 19.1 Å². The highest BCUT2D eigenvalue weighted by atomic mass is 16.2. The van der Waals surface area contributed by atoms with Crippen molar-refractivity contribution < 1.29 is 14.4 Å². The lowest BCUT2D eigenvalue weighted by atomic mass is 9.99. The van der Waals surface area contributed by atoms with Crippen LogP contribution in [-0.4, -0.2) is 33.3 Å². The van der Waals surface area contributed by atoms with Gasteiger partial charge in [-0.25, -0.2) is 0 Å². The molecule has 0 aliphatic heterocycles. The summed E-state index contributed by atoms with van der Waals surface area (Å²) >= 11 is 0. The maximum atomic E-state index is 13.2. The van der Waals surface area contributed by atoms with E-state index in [-0.39, 0.29) is 6.42 Å². The average molecular weight is 401 g/mol. The molecule has 0 saturated heterocycles. The predicted molar refractivity (Wildman–Crippen MR) is 113 cm³/mol. The molecule has 1 aliphatic carbocycles. The lowest BCUT2D eigenvalue weighted by Gasteiger charge is -2.16. The van der Waals surface area contributed by atoms with E-state index in [1.54, 1.807) is 6.20 Å². The van der Waals surface area contributed by atoms with E-state index in [0.29, 0.717) is 17.3 Å². The Morgan fingerprint density at radius 2 is 1.67 bits per heavy atom. The lowest BCUT2D eigenvalue weighted by Crippen LogP contribution is -2.44. The van der Waals surface area contributed by atoms with Crippen LogP contribution in [0.2, 0.25) is 0 Å². The maximum Gasteiger partial charge on any atom is 0.255 e. The number of aromatic nitrogens is 2. The number of benzene rings is 2. The smallest absolute Gasteiger partial charge is 0.255 e. The number of nitrogens with zero attached hydrogens (tertiary/aromatic N) is 2. The van der Waals surface area contributed by atoms with Crippen LogP contribution in [-0.2, 0) is 16.0 Å². The van der Waals surface area contributed by atoms with Gasteiger partial charge in [0.15, 0.2) is 5.78 Å². The molecule has 0 radical (unpaired) electrons. The van der Waals surface area contributed by atoms with E-state index in [4.69, 9.17) is 0 Å². The minimum absolute atomic E-state index is 0.252. The highest BCUT2D eigenvalue weighted by molar-refractivity contribution is 6.38. The number of hydrogen-bond acceptors (Lipinski definition) is 4. The maximum absolute atomic E-state index is 13.2. The van der Waals surface area contributed by atoms with Gasteiger partial charge in [0.25, 0.3) is 5.91 Å². The van der Waals surface area contributed by atoms with Crippen molar-refractivity contribution >= 4 is 17.5 Å². The van der Waals surface area contributed by atoms with Gasteiger partial charge in [-0.1, -0.05) is 60.7 Å². The van der Waals surface area contributed by atoms with E-state index in [0.717, 1.165) is 24.0 Å². The fraction of sp³-hybridized carbons (Fsp3) is 0.250. The Hall–Kier alpha value is -3.54. The van der Waals surface area contributed by atoms with Crippen LogP contribution in [0.4, 0.5) is 0 Å². The van der Waals surface area contributed by atoms with E-state index in [1.165, 1.54) is 6.92 Å². The van der Waals surface area contributed by atoms with Gasteiger partial charge in [0.2, 0.25) is 5.78 Å². The molecule has 1 N–H and O–H groups in total. The molecule has 1 unspecified atom stereocenters. The van der Waals surface area contributed by atoms with Crippen LogP contribution in [0.3, 0.4) is 0 Å². The zero-order valence-corrected chi connectivity index (χ0v) is 16.7. The summed E-state index contributed by atoms with van der Waals surface area (Å²) in [5, 5.41) is 7.42. The summed E-state index contributed by atoms with van der Waals surface area (Å²) in [6.07, 6.45) is 4.07. The second-order valence-corrected chi connectivity index (χ2v) is 7.60. The van der Waals surface area contributed by atoms with Crippen molar-refractivity contribution in [1.82, 2.24) is 15.1 Å². The number of carbonyl (C=O) groups is 3. The van der Waals surface area contributed by atoms with Gasteiger partial charge >= 0.3 is 0 Å². The molecule has 1 amide bonds. The third-order valence-corrected chi connectivity index (χ3v) is 5.20. The van der Waals surface area contributed by atoms with Crippen molar-refractivity contribution in [1.29, 1.82) is 0 Å². The number of hydrogen-bond donors (Lipinski definition) is 1. The van der Waals surface area contributed by atoms with E-state index >= 15 is 0 Å². The molecular weight excluding hydrogens is 378 g/mol. The van der Waals surface area contributed by atoms with Crippen LogP contribution >= 0.6 is 0 Å². The van der Waals surface area contributed by atoms with Crippen LogP contribution in [0.5, 0.6) is 0 Å². The standard InChI is InChI=1S/C24H23N3O3/c1-16(28)23(29)21(14-17-8-4-2-5-9-17)25-24(30)20-15-27(19-12-13-19)26-22(20)18-10-6-3-7-11-18/h2-11,15,19,21H,12-14H2,1H3,(H,25,30). The van der Waals surface area contributed by atoms with Crippen molar-refractivity contribution in [2.24, 2.45) is 0 Å². The Labute approximate surface area is 174 Å². The molecule has 152 valence electrons. The van der Waals surface area contributed by atoms with Crippen molar-refractivity contribution in [2.75, 3.05) is 0 Å². The minimum Gasteiger partial charge on any atom is -0.341 e. The number of rotatable bonds is 8. The molecule has 1 heterocycles. The van der Waals surface area contributed by atoms with Gasteiger partial charge in [0.1, 0.15) is 5.69 Å². The molecule has 6 heteroatoms. The van der Waals surface area contributed by atoms with Crippen molar-refractivity contribution in [2.45, 2.75) is 38.3 Å². The zero-order chi connectivity index (χ0) is 21.1. The Morgan fingerprint density at radius 3 is 2.27 bits per heavy atom. The van der Waals surface area contributed by atoms with Crippen molar-refractivity contribution in [3.8, 4) is 11.3 Å². The number of Topliss-reactive ketones (excluding diaryl/α,β-unsaturated/α-hetero) is 2. The van der Waals surface area contributed by atoms with Crippen LogP contribution in [0.25, 0.3) is 11.3 Å². The summed E-state index contributed by atoms with van der Waals surface area (Å²) in [6.45, 7) is 1.23. The van der Waals surface area contributed by atoms with Crippen LogP contribution in [0.15, 0.2) is 66.9 Å². The topological polar surface area (TPSA) is 81.1 Å². The molecule has 1 aromatic heterocycles. The summed E-state index contributed by atoms with van der Waals surface area (Å²) in [7, 11) is 0. The predicted octanol–water partition coefficient (Wildman–Crippen LogP) is 3.38. The number of carbonyl (C=O) groups excluding carboxylic acids is 3. The number of amides is 1. The first-order valence-corrected chi connectivity index (χ1v) is 10.1. The molecule has 1 atom stereocenters. The van der Waals surface area contributed by atoms with E-state index in [2.05, 4.69) is 10.4 Å². The first kappa shape index (κ1) is 19.8. The summed E-state index contributed by atoms with van der Waals surface area (Å²) in [4.78, 5) is 37.5. The van der Waals surface area contributed by atoms with E-state index < -0.39 is 23.5 Å². The van der Waals surface area contributed by atoms with Gasteiger partial charge < -0.3 is 5.32 Å². The van der Waals surface area contributed by atoms with Gasteiger partial charge in [-0.05, 0) is 18.4 Å². The molecule has 1 saturated carbocycles. The fourth-order valence-corrected chi connectivity index (χ4v) is 3.43. The second kappa shape index (κ2) is 8.45. The summed E-state index contributed by atoms with van der Waals surface area (Å²) in [5.41, 5.74) is 2.69. The van der Waals surface area contributed by atoms with Crippen LogP contribution < -0.4 is 5.32 Å². The molecule has 1 fully saturated rings. The highest BCUT2D eigenvalue weighted by Gasteiger charge is 2.30. The Bertz CT molecular complexity index is 1070. The summed E-state index contributed by atoms with van der Waals surface area (Å²) in [5.74, 6) is -1.59. The SMILES string of the molecule is CC(=O)C(=O)C(Cc1ccccc1)NC(=O)c1cn(C2CC2)nc1-c1ccccc1. The van der Waals surface area contributed by atoms with Crippen LogP contribution in [0.1, 0.15) is 41.7 Å². The molecule has 6 nitrogen and oxygen atoms in total. The fourth-order valence-electron chi connectivity index (χ4n) is 3.43. The zero-order valence-electron chi connectivity index (χ0n) is 16.7. The number of ketones is 2. The van der Waals surface area contributed by atoms with Crippen LogP contribution in [0, 0.1) is 0 Å². The largest absolute Gasteiger partial charge is 0.341 e. The minimum atomic E-state index is -0.926. The monoisotopic (exact) mass is 401 g/mol. The Morgan fingerprint density at radius 1 is 1.03 bits per heavy atom. The molecule has 30 heavy (non-hydrogen) atoms. The Kier molecular flexibility index (Phi) is 5.57. The molecule has 4 rings (SSSR count). The molecule has 3 aromatic rings. The van der Waals surface area contributed by atoms with Gasteiger partial charge in [-0.15, -0.1) is 0 Å². The molecule has 0 spiro atoms. The normalized spacial score (nSPS) is 14.2. The third-order valence-electron chi connectivity index (χ3n) is 5.20. The average Bonchev–Trinajstić information content (AvgIpc) is 3.52. The molecule has 0 bridgehead atoms. The van der Waals surface area contributed by atoms with E-state index in [1.807, 2.05) is 65.3 Å². The first-order valence-electron chi connectivity index (χ1n) is 10.1. The summed E-state index contributed by atoms with van der Waals surface area (Å²) < 4.78 is 1.83. The van der Waals surface area contributed by atoms with Gasteiger partial charge in [0, 0.05) is 25.1 Å².